The zero-order valence-electron chi connectivity index (χ0n) is 46.5. The maximum absolute atomic E-state index is 15.4. The van der Waals surface area contributed by atoms with E-state index in [1.165, 1.54) is 0 Å². The molecule has 0 aliphatic heterocycles. The zero-order valence-corrected chi connectivity index (χ0v) is 46.5. The average molecular weight is 1340 g/mol. The molecule has 37 heteroatoms. The summed E-state index contributed by atoms with van der Waals surface area (Å²) in [5.74, 6) is -33.7. The predicted molar refractivity (Wildman–Crippen MR) is 293 cm³/mol. The maximum atomic E-state index is 15.4. The summed E-state index contributed by atoms with van der Waals surface area (Å²) >= 11 is 0. The lowest BCUT2D eigenvalue weighted by molar-refractivity contribution is 0.434. The molecule has 1 aliphatic rings. The third-order valence-electron chi connectivity index (χ3n) is 13.1. The molecule has 470 valence electrons. The quantitative estimate of drug-likeness (QED) is 0.0521. The van der Waals surface area contributed by atoms with Crippen LogP contribution in [0.25, 0.3) is 70.8 Å². The number of hydrogen-bond acceptors (Lipinski definition) is 20. The number of nitriles is 14. The van der Waals surface area contributed by atoms with Crippen molar-refractivity contribution in [2.45, 2.75) is 14.4 Å². The summed E-state index contributed by atoms with van der Waals surface area (Å²) in [5.41, 5.74) is -24.5. The van der Waals surface area contributed by atoms with Gasteiger partial charge in [0.2, 0.25) is 5.70 Å². The van der Waals surface area contributed by atoms with Crippen molar-refractivity contribution in [2.24, 2.45) is 0 Å². The molecule has 0 spiro atoms. The van der Waals surface area contributed by atoms with Crippen molar-refractivity contribution in [1.29, 1.82) is 73.7 Å². The van der Waals surface area contributed by atoms with Crippen molar-refractivity contribution in [3.63, 3.8) is 0 Å². The van der Waals surface area contributed by atoms with Crippen LogP contribution in [0.4, 0.5) is 71.5 Å². The van der Waals surface area contributed by atoms with Crippen LogP contribution in [0.2, 0.25) is 0 Å². The molecular weight excluding hydrogens is 1340 g/mol. The molecule has 1 aliphatic carbocycles. The highest BCUT2D eigenvalue weighted by atomic mass is 19.2. The normalized spacial score (nSPS) is 12.0. The van der Waals surface area contributed by atoms with E-state index in [1.807, 2.05) is 0 Å². The third kappa shape index (κ3) is 11.4. The molecular formula is C62H7F15N22. The number of allylic oxidation sites excluding steroid dienone is 5. The van der Waals surface area contributed by atoms with E-state index in [4.69, 9.17) is 44.7 Å². The van der Waals surface area contributed by atoms with Gasteiger partial charge in [-0.15, -0.1) is 0 Å². The summed E-state index contributed by atoms with van der Waals surface area (Å²) in [6.07, 6.45) is 0. The number of aromatic nitrogens is 6. The Morgan fingerprint density at radius 3 is 0.818 bits per heavy atom. The van der Waals surface area contributed by atoms with E-state index in [0.29, 0.717) is 0 Å². The molecule has 0 saturated heterocycles. The van der Waals surface area contributed by atoms with Gasteiger partial charge >= 0.3 is 0 Å². The van der Waals surface area contributed by atoms with Crippen molar-refractivity contribution in [3.05, 3.63) is 205 Å². The summed E-state index contributed by atoms with van der Waals surface area (Å²) in [6, 6.07) is 19.0. The molecule has 3 aromatic heterocycles. The minimum atomic E-state index is -2.46. The molecule has 5 aromatic carbocycles. The first-order valence-electron chi connectivity index (χ1n) is 24.5. The summed E-state index contributed by atoms with van der Waals surface area (Å²) < 4.78 is 219. The van der Waals surface area contributed by atoms with Crippen LogP contribution in [0.1, 0.15) is 75.0 Å². The Balaban J connectivity index is 0.000000257. The lowest BCUT2D eigenvalue weighted by atomic mass is 9.96. The first-order valence-corrected chi connectivity index (χ1v) is 24.5. The van der Waals surface area contributed by atoms with E-state index in [2.05, 4.69) is 39.6 Å². The largest absolute Gasteiger partial charge is 0.262 e. The topological polar surface area (TPSA) is 419 Å². The number of fused-ring (bicyclic) bond motifs is 6. The van der Waals surface area contributed by atoms with Crippen molar-refractivity contribution in [3.8, 4) is 85.0 Å². The summed E-state index contributed by atoms with van der Waals surface area (Å²) in [5, 5.41) is 124. The predicted octanol–water partition coefficient (Wildman–Crippen LogP) is 10.4. The van der Waals surface area contributed by atoms with E-state index in [0.717, 1.165) is 55.5 Å². The van der Waals surface area contributed by atoms with Crippen LogP contribution in [0.3, 0.4) is 0 Å². The highest BCUT2D eigenvalue weighted by molar-refractivity contribution is 6.18. The number of benzene rings is 5. The Labute approximate surface area is 538 Å². The van der Waals surface area contributed by atoms with Crippen molar-refractivity contribution < 1.29 is 65.9 Å². The Hall–Kier alpha value is -16.1. The van der Waals surface area contributed by atoms with Crippen molar-refractivity contribution in [1.82, 2.24) is 29.9 Å². The molecule has 99 heavy (non-hydrogen) atoms. The molecule has 0 amide bonds. The Morgan fingerprint density at radius 1 is 0.313 bits per heavy atom. The molecule has 0 bridgehead atoms. The van der Waals surface area contributed by atoms with Crippen LogP contribution in [-0.2, 0) is 0 Å². The van der Waals surface area contributed by atoms with Crippen LogP contribution in [-0.4, -0.2) is 29.9 Å². The van der Waals surface area contributed by atoms with Gasteiger partial charge in [-0.1, -0.05) is 7.43 Å². The monoisotopic (exact) mass is 1340 g/mol. The SMILES string of the molecule is C.N#CC(C#N)=c1c(F)c(F)c(=C(C#N)C#N)c(F)c1F.N#Cc1nc2c3nc(C#N)c(C#N)nc3c3nc(C#N)c(C#N)nc3c2nc1C#N.[C-]#[N+]C(=C1C(=C(C#N)c2c(F)c(C)c(C#N)c(F)c2F)C1=C(C#N)c1c(F)c(F)c([N+]#[C-])c(F)c1F)c1c(F)c(F)c(C#N)c(F)c1F. The fourth-order valence-electron chi connectivity index (χ4n) is 8.75. The maximum Gasteiger partial charge on any atom is 0.262 e. The van der Waals surface area contributed by atoms with Gasteiger partial charge in [-0.2, -0.15) is 73.7 Å². The van der Waals surface area contributed by atoms with Gasteiger partial charge in [0.1, 0.15) is 141 Å². The van der Waals surface area contributed by atoms with E-state index >= 15 is 26.3 Å². The highest BCUT2D eigenvalue weighted by Gasteiger charge is 2.46. The number of hydrogen-bond donors (Lipinski definition) is 0. The van der Waals surface area contributed by atoms with E-state index in [1.54, 1.807) is 36.4 Å². The van der Waals surface area contributed by atoms with Gasteiger partial charge in [-0.3, -0.25) is 0 Å². The van der Waals surface area contributed by atoms with Crippen LogP contribution in [0.5, 0.6) is 0 Å². The van der Waals surface area contributed by atoms with E-state index < -0.39 is 181 Å². The number of nitrogens with zero attached hydrogens (tertiary/aromatic N) is 22. The second-order valence-corrected chi connectivity index (χ2v) is 17.9. The summed E-state index contributed by atoms with van der Waals surface area (Å²) in [7, 11) is 0. The molecule has 1 fully saturated rings. The van der Waals surface area contributed by atoms with Gasteiger partial charge < -0.3 is 0 Å². The minimum absolute atomic E-state index is 0. The number of halogens is 15. The van der Waals surface area contributed by atoms with Gasteiger partial charge in [0, 0.05) is 5.56 Å². The van der Waals surface area contributed by atoms with E-state index in [-0.39, 0.29) is 74.7 Å². The average Bonchev–Trinajstić information content (AvgIpc) is 1.58. The van der Waals surface area contributed by atoms with Crippen LogP contribution in [0, 0.1) is 266 Å². The Morgan fingerprint density at radius 2 is 0.576 bits per heavy atom. The van der Waals surface area contributed by atoms with Crippen LogP contribution in [0.15, 0.2) is 16.7 Å². The Kier molecular flexibility index (Phi) is 20.5. The van der Waals surface area contributed by atoms with Crippen molar-refractivity contribution >= 4 is 66.8 Å². The molecule has 0 unspecified atom stereocenters. The molecule has 0 radical (unpaired) electrons. The van der Waals surface area contributed by atoms with Gasteiger partial charge in [0.05, 0.1) is 57.0 Å². The molecule has 1 saturated carbocycles. The van der Waals surface area contributed by atoms with Gasteiger partial charge in [-0.05, 0) is 23.6 Å². The van der Waals surface area contributed by atoms with Crippen molar-refractivity contribution in [2.75, 3.05) is 0 Å². The Bertz CT molecular complexity index is 5310. The van der Waals surface area contributed by atoms with Gasteiger partial charge in [-0.25, -0.2) is 105 Å². The molecule has 0 atom stereocenters. The molecule has 9 rings (SSSR count). The van der Waals surface area contributed by atoms with Gasteiger partial charge in [0.25, 0.3) is 5.69 Å². The first kappa shape index (κ1) is 71.9. The molecule has 22 nitrogen and oxygen atoms in total. The summed E-state index contributed by atoms with van der Waals surface area (Å²) in [4.78, 5) is 29.6. The standard InChI is InChI=1S/C31H3F11N6.C18N12.C12F4N4.CH4/c1-8-9(4-43)20(33)23(36)15(19(8)32)10(5-44)13-14(11(6-45)16-24(37)28(41)31(48-3)29(42)25(16)38)17(13)30(47-2)18-26(39)21(34)12(7-46)22(35)27(18)40;19-1-7-8(2-20)26-14-13(25-7)15-17(29-10(4-22)9(3-21)27-15)18-16(14)28-11(5-23)12(6-24)30-18;13-9-7(5(1-17)2-18)10(14)12(16)8(11(9)15)6(3-19)4-20;/h1H3;;;1H4. The van der Waals surface area contributed by atoms with Crippen LogP contribution >= 0.6 is 0 Å². The fraction of sp³-hybridized carbons (Fsp3) is 0.0323. The minimum Gasteiger partial charge on any atom is -0.237 e. The molecule has 0 N–H and O–H groups in total. The molecule has 8 aromatic rings. The van der Waals surface area contributed by atoms with Gasteiger partial charge in [0.15, 0.2) is 116 Å². The lowest BCUT2D eigenvalue weighted by Gasteiger charge is -2.09. The van der Waals surface area contributed by atoms with Crippen LogP contribution < -0.4 is 10.4 Å². The molecule has 3 heterocycles. The highest BCUT2D eigenvalue weighted by Crippen LogP contribution is 2.58. The number of rotatable bonds is 3. The first-order chi connectivity index (χ1) is 46.6. The zero-order chi connectivity index (χ0) is 73.0. The second kappa shape index (κ2) is 28.2. The lowest BCUT2D eigenvalue weighted by Crippen LogP contribution is -2.31. The smallest absolute Gasteiger partial charge is 0.237 e. The summed E-state index contributed by atoms with van der Waals surface area (Å²) in [6.45, 7) is 14.9. The third-order valence-corrected chi connectivity index (χ3v) is 13.1. The second-order valence-electron chi connectivity index (χ2n) is 17.9. The van der Waals surface area contributed by atoms with E-state index in [9.17, 15) is 81.6 Å². The fourth-order valence-corrected chi connectivity index (χ4v) is 8.75.